The fourth-order valence-corrected chi connectivity index (χ4v) is 1.52. The van der Waals surface area contributed by atoms with Crippen LogP contribution in [0.5, 0.6) is 0 Å². The standard InChI is InChI=1S/C11H14F3N3O/c1-7(2)17(10(18)5-15)8-3-4-9(16-6-8)11(12,13)14/h3-4,6-7H,5,15H2,1-2H3. The number of alkyl halides is 3. The maximum absolute atomic E-state index is 12.3. The number of carbonyl (C=O) groups excluding carboxylic acids is 1. The van der Waals surface area contributed by atoms with Gasteiger partial charge in [-0.05, 0) is 26.0 Å². The van der Waals surface area contributed by atoms with E-state index in [9.17, 15) is 18.0 Å². The number of amides is 1. The van der Waals surface area contributed by atoms with Crippen molar-refractivity contribution in [2.75, 3.05) is 11.4 Å². The highest BCUT2D eigenvalue weighted by molar-refractivity contribution is 5.94. The molecule has 1 aromatic heterocycles. The predicted octanol–water partition coefficient (Wildman–Crippen LogP) is 1.80. The molecule has 0 saturated carbocycles. The van der Waals surface area contributed by atoms with Gasteiger partial charge < -0.3 is 10.6 Å². The number of pyridine rings is 1. The van der Waals surface area contributed by atoms with Gasteiger partial charge in [-0.2, -0.15) is 13.2 Å². The number of hydrogen-bond acceptors (Lipinski definition) is 3. The number of hydrogen-bond donors (Lipinski definition) is 1. The lowest BCUT2D eigenvalue weighted by Crippen LogP contribution is -2.41. The normalized spacial score (nSPS) is 11.7. The lowest BCUT2D eigenvalue weighted by molar-refractivity contribution is -0.141. The SMILES string of the molecule is CC(C)N(C(=O)CN)c1ccc(C(F)(F)F)nc1. The fourth-order valence-electron chi connectivity index (χ4n) is 1.52. The van der Waals surface area contributed by atoms with Crippen molar-refractivity contribution >= 4 is 11.6 Å². The molecule has 0 saturated heterocycles. The van der Waals surface area contributed by atoms with Crippen LogP contribution in [0.25, 0.3) is 0 Å². The largest absolute Gasteiger partial charge is 0.433 e. The summed E-state index contributed by atoms with van der Waals surface area (Å²) in [6, 6.07) is 1.84. The Balaban J connectivity index is 3.05. The quantitative estimate of drug-likeness (QED) is 0.902. The minimum Gasteiger partial charge on any atom is -0.322 e. The number of halogens is 3. The first kappa shape index (κ1) is 14.4. The van der Waals surface area contributed by atoms with E-state index in [-0.39, 0.29) is 18.5 Å². The third kappa shape index (κ3) is 3.19. The Morgan fingerprint density at radius 3 is 2.39 bits per heavy atom. The molecule has 100 valence electrons. The second kappa shape index (κ2) is 5.34. The monoisotopic (exact) mass is 261 g/mol. The summed E-state index contributed by atoms with van der Waals surface area (Å²) in [5.74, 6) is -0.369. The smallest absolute Gasteiger partial charge is 0.322 e. The highest BCUT2D eigenvalue weighted by Crippen LogP contribution is 2.28. The maximum atomic E-state index is 12.3. The average Bonchev–Trinajstić information content (AvgIpc) is 2.28. The number of aromatic nitrogens is 1. The van der Waals surface area contributed by atoms with Gasteiger partial charge in [0.05, 0.1) is 18.4 Å². The van der Waals surface area contributed by atoms with Gasteiger partial charge in [-0.15, -0.1) is 0 Å². The van der Waals surface area contributed by atoms with Crippen LogP contribution in [-0.2, 0) is 11.0 Å². The molecule has 18 heavy (non-hydrogen) atoms. The van der Waals surface area contributed by atoms with Crippen LogP contribution < -0.4 is 10.6 Å². The van der Waals surface area contributed by atoms with Gasteiger partial charge in [0.15, 0.2) is 0 Å². The molecule has 0 radical (unpaired) electrons. The molecule has 0 aliphatic rings. The van der Waals surface area contributed by atoms with Gasteiger partial charge in [-0.25, -0.2) is 4.98 Å². The number of nitrogens with two attached hydrogens (primary N) is 1. The van der Waals surface area contributed by atoms with E-state index in [2.05, 4.69) is 4.98 Å². The first-order valence-corrected chi connectivity index (χ1v) is 5.32. The van der Waals surface area contributed by atoms with Crippen LogP contribution >= 0.6 is 0 Å². The molecular weight excluding hydrogens is 247 g/mol. The van der Waals surface area contributed by atoms with Gasteiger partial charge in [0.1, 0.15) is 5.69 Å². The predicted molar refractivity (Wildman–Crippen MR) is 60.9 cm³/mol. The van der Waals surface area contributed by atoms with E-state index in [0.29, 0.717) is 5.69 Å². The molecule has 0 aliphatic carbocycles. The van der Waals surface area contributed by atoms with Gasteiger partial charge >= 0.3 is 6.18 Å². The summed E-state index contributed by atoms with van der Waals surface area (Å²) in [6.45, 7) is 3.27. The van der Waals surface area contributed by atoms with Gasteiger partial charge in [-0.1, -0.05) is 0 Å². The van der Waals surface area contributed by atoms with Crippen molar-refractivity contribution < 1.29 is 18.0 Å². The van der Waals surface area contributed by atoms with E-state index in [1.807, 2.05) is 0 Å². The molecule has 0 spiro atoms. The van der Waals surface area contributed by atoms with Crippen LogP contribution in [0, 0.1) is 0 Å². The lowest BCUT2D eigenvalue weighted by atomic mass is 10.2. The summed E-state index contributed by atoms with van der Waals surface area (Å²) < 4.78 is 37.0. The van der Waals surface area contributed by atoms with Crippen LogP contribution in [0.15, 0.2) is 18.3 Å². The first-order valence-electron chi connectivity index (χ1n) is 5.32. The molecule has 1 heterocycles. The minimum atomic E-state index is -4.49. The molecule has 0 bridgehead atoms. The molecule has 0 unspecified atom stereocenters. The molecule has 0 aliphatic heterocycles. The number of nitrogens with zero attached hydrogens (tertiary/aromatic N) is 2. The summed E-state index contributed by atoms with van der Waals surface area (Å²) in [5, 5.41) is 0. The van der Waals surface area contributed by atoms with Gasteiger partial charge in [-0.3, -0.25) is 4.79 Å². The summed E-state index contributed by atoms with van der Waals surface area (Å²) in [7, 11) is 0. The zero-order valence-corrected chi connectivity index (χ0v) is 10.0. The molecular formula is C11H14F3N3O. The van der Waals surface area contributed by atoms with Crippen molar-refractivity contribution in [1.29, 1.82) is 0 Å². The van der Waals surface area contributed by atoms with Crippen molar-refractivity contribution in [3.05, 3.63) is 24.0 Å². The van der Waals surface area contributed by atoms with E-state index in [1.54, 1.807) is 13.8 Å². The number of anilines is 1. The van der Waals surface area contributed by atoms with E-state index in [0.717, 1.165) is 12.3 Å². The van der Waals surface area contributed by atoms with Crippen molar-refractivity contribution in [2.24, 2.45) is 5.73 Å². The van der Waals surface area contributed by atoms with Crippen molar-refractivity contribution in [3.63, 3.8) is 0 Å². The molecule has 2 N–H and O–H groups in total. The molecule has 0 atom stereocenters. The summed E-state index contributed by atoms with van der Waals surface area (Å²) >= 11 is 0. The third-order valence-electron chi connectivity index (χ3n) is 2.28. The molecule has 1 aromatic rings. The van der Waals surface area contributed by atoms with Crippen molar-refractivity contribution in [3.8, 4) is 0 Å². The topological polar surface area (TPSA) is 59.2 Å². The summed E-state index contributed by atoms with van der Waals surface area (Å²) in [5.41, 5.74) is 4.56. The van der Waals surface area contributed by atoms with Crippen LogP contribution in [0.2, 0.25) is 0 Å². The second-order valence-electron chi connectivity index (χ2n) is 3.96. The number of carbonyl (C=O) groups is 1. The van der Waals surface area contributed by atoms with E-state index < -0.39 is 11.9 Å². The van der Waals surface area contributed by atoms with Crippen LogP contribution in [0.1, 0.15) is 19.5 Å². The molecule has 0 aromatic carbocycles. The van der Waals surface area contributed by atoms with E-state index >= 15 is 0 Å². The zero-order valence-electron chi connectivity index (χ0n) is 10.0. The minimum absolute atomic E-state index is 0.209. The Hall–Kier alpha value is -1.63. The Morgan fingerprint density at radius 1 is 1.44 bits per heavy atom. The number of rotatable bonds is 3. The Morgan fingerprint density at radius 2 is 2.06 bits per heavy atom. The van der Waals surface area contributed by atoms with Crippen LogP contribution in [-0.4, -0.2) is 23.5 Å². The zero-order chi connectivity index (χ0) is 13.9. The summed E-state index contributed by atoms with van der Waals surface area (Å²) in [6.07, 6.45) is -3.46. The van der Waals surface area contributed by atoms with E-state index in [1.165, 1.54) is 11.0 Å². The molecule has 1 rings (SSSR count). The van der Waals surface area contributed by atoms with Gasteiger partial charge in [0.2, 0.25) is 5.91 Å². The second-order valence-corrected chi connectivity index (χ2v) is 3.96. The molecule has 0 fully saturated rings. The Kier molecular flexibility index (Phi) is 4.28. The van der Waals surface area contributed by atoms with Crippen molar-refractivity contribution in [2.45, 2.75) is 26.1 Å². The van der Waals surface area contributed by atoms with E-state index in [4.69, 9.17) is 5.73 Å². The highest BCUT2D eigenvalue weighted by atomic mass is 19.4. The Labute approximate surface area is 103 Å². The third-order valence-corrected chi connectivity index (χ3v) is 2.28. The van der Waals surface area contributed by atoms with Gasteiger partial charge in [0, 0.05) is 6.04 Å². The average molecular weight is 261 g/mol. The molecule has 4 nitrogen and oxygen atoms in total. The van der Waals surface area contributed by atoms with Gasteiger partial charge in [0.25, 0.3) is 0 Å². The van der Waals surface area contributed by atoms with Crippen LogP contribution in [0.4, 0.5) is 18.9 Å². The fraction of sp³-hybridized carbons (Fsp3) is 0.455. The highest BCUT2D eigenvalue weighted by Gasteiger charge is 2.32. The van der Waals surface area contributed by atoms with Crippen molar-refractivity contribution in [1.82, 2.24) is 4.98 Å². The molecule has 1 amide bonds. The maximum Gasteiger partial charge on any atom is 0.433 e. The first-order chi connectivity index (χ1) is 8.27. The lowest BCUT2D eigenvalue weighted by Gasteiger charge is -2.26. The Bertz CT molecular complexity index is 415. The van der Waals surface area contributed by atoms with Crippen LogP contribution in [0.3, 0.4) is 0 Å². The summed E-state index contributed by atoms with van der Waals surface area (Å²) in [4.78, 5) is 16.2. The molecule has 7 heteroatoms.